The van der Waals surface area contributed by atoms with Gasteiger partial charge in [0, 0.05) is 11.1 Å². The highest BCUT2D eigenvalue weighted by Crippen LogP contribution is 2.49. The standard InChI is InChI=1S/C26H26O6.C17H14O4/c1-14(2)6-11-17-22-18(12-13-26(3,4)32-22)24-20(23(17)30-5)21(28)19(25(29)31-24)15-7-9-16(27)10-8-15;1-19-13-10-6-9-12-14(18)17(20-2)15(21-16(12)13)11-7-4-3-5-8-11/h6-10,12-13,27-28H,11H2,1-5H3;3-10H,1-2H3. The largest absolute Gasteiger partial charge is 0.508 e. The minimum absolute atomic E-state index is 0.00458. The van der Waals surface area contributed by atoms with Gasteiger partial charge in [0.2, 0.25) is 11.2 Å². The molecule has 0 atom stereocenters. The van der Waals surface area contributed by atoms with Crippen LogP contribution in [0.2, 0.25) is 0 Å². The zero-order valence-electron chi connectivity index (χ0n) is 30.5. The van der Waals surface area contributed by atoms with E-state index in [-0.39, 0.29) is 33.8 Å². The van der Waals surface area contributed by atoms with E-state index >= 15 is 0 Å². The molecule has 6 aromatic rings. The zero-order valence-corrected chi connectivity index (χ0v) is 30.5. The Bertz CT molecular complexity index is 2500. The molecule has 0 radical (unpaired) electrons. The van der Waals surface area contributed by atoms with Gasteiger partial charge in [-0.3, -0.25) is 4.79 Å². The fourth-order valence-corrected chi connectivity index (χ4v) is 6.19. The molecule has 4 aromatic carbocycles. The van der Waals surface area contributed by atoms with Crippen LogP contribution in [0.5, 0.6) is 34.5 Å². The quantitative estimate of drug-likeness (QED) is 0.122. The Labute approximate surface area is 305 Å². The second-order valence-electron chi connectivity index (χ2n) is 13.1. The molecule has 0 saturated carbocycles. The summed E-state index contributed by atoms with van der Waals surface area (Å²) in [5, 5.41) is 21.6. The maximum absolute atomic E-state index is 12.9. The van der Waals surface area contributed by atoms with E-state index in [2.05, 4.69) is 6.08 Å². The summed E-state index contributed by atoms with van der Waals surface area (Å²) >= 11 is 0. The number of para-hydroxylation sites is 1. The number of ether oxygens (including phenoxy) is 4. The smallest absolute Gasteiger partial charge is 0.348 e. The van der Waals surface area contributed by atoms with Crippen LogP contribution in [0.1, 0.15) is 38.8 Å². The van der Waals surface area contributed by atoms with E-state index in [4.69, 9.17) is 27.8 Å². The van der Waals surface area contributed by atoms with Gasteiger partial charge in [0.05, 0.1) is 32.3 Å². The SMILES string of the molecule is COc1c(-c2ccccc2)oc2c(OC)cccc2c1=O.COc1c(CC=C(C)C)c2c(c3oc(=O)c(-c4ccc(O)cc4)c(O)c13)C=CC(C)(C)O2. The summed E-state index contributed by atoms with van der Waals surface area (Å²) in [6.07, 6.45) is 6.31. The van der Waals surface area contributed by atoms with E-state index < -0.39 is 11.2 Å². The third-order valence-corrected chi connectivity index (χ3v) is 8.76. The highest BCUT2D eigenvalue weighted by atomic mass is 16.5. The summed E-state index contributed by atoms with van der Waals surface area (Å²) in [6.45, 7) is 7.89. The lowest BCUT2D eigenvalue weighted by Crippen LogP contribution is -2.28. The van der Waals surface area contributed by atoms with Crippen molar-refractivity contribution < 1.29 is 38.0 Å². The number of rotatable bonds is 7. The molecule has 0 spiro atoms. The van der Waals surface area contributed by atoms with Crippen molar-refractivity contribution in [2.45, 2.75) is 39.7 Å². The number of methoxy groups -OCH3 is 3. The summed E-state index contributed by atoms with van der Waals surface area (Å²) in [6, 6.07) is 20.6. The number of fused-ring (bicyclic) bond motifs is 4. The van der Waals surface area contributed by atoms with Crippen molar-refractivity contribution in [3.05, 3.63) is 122 Å². The molecule has 0 aliphatic carbocycles. The number of phenols is 1. The van der Waals surface area contributed by atoms with E-state index in [1.165, 1.54) is 26.4 Å². The second-order valence-corrected chi connectivity index (χ2v) is 13.1. The molecule has 10 heteroatoms. The molecule has 1 aliphatic heterocycles. The first-order chi connectivity index (χ1) is 25.4. The minimum Gasteiger partial charge on any atom is -0.508 e. The van der Waals surface area contributed by atoms with Gasteiger partial charge in [-0.25, -0.2) is 4.79 Å². The number of phenolic OH excluding ortho intramolecular Hbond substituents is 1. The molecule has 272 valence electrons. The molecular weight excluding hydrogens is 676 g/mol. The summed E-state index contributed by atoms with van der Waals surface area (Å²) in [4.78, 5) is 25.5. The highest BCUT2D eigenvalue weighted by molar-refractivity contribution is 6.02. The fourth-order valence-electron chi connectivity index (χ4n) is 6.19. The molecule has 10 nitrogen and oxygen atoms in total. The Kier molecular flexibility index (Phi) is 10.1. The van der Waals surface area contributed by atoms with Crippen molar-refractivity contribution >= 4 is 28.0 Å². The van der Waals surface area contributed by atoms with Crippen LogP contribution in [0.15, 0.2) is 109 Å². The van der Waals surface area contributed by atoms with Crippen molar-refractivity contribution in [2.75, 3.05) is 21.3 Å². The molecule has 53 heavy (non-hydrogen) atoms. The zero-order chi connectivity index (χ0) is 38.0. The van der Waals surface area contributed by atoms with Gasteiger partial charge in [-0.2, -0.15) is 0 Å². The van der Waals surface area contributed by atoms with Crippen LogP contribution in [0.3, 0.4) is 0 Å². The van der Waals surface area contributed by atoms with Crippen LogP contribution in [-0.4, -0.2) is 37.1 Å². The van der Waals surface area contributed by atoms with E-state index in [0.717, 1.165) is 16.7 Å². The third-order valence-electron chi connectivity index (χ3n) is 8.76. The average Bonchev–Trinajstić information content (AvgIpc) is 3.14. The van der Waals surface area contributed by atoms with Crippen LogP contribution in [0, 0.1) is 0 Å². The molecule has 1 aliphatic rings. The Balaban J connectivity index is 0.000000198. The second kappa shape index (κ2) is 14.7. The number of benzene rings is 4. The topological polar surface area (TPSA) is 138 Å². The molecule has 0 saturated heterocycles. The van der Waals surface area contributed by atoms with Gasteiger partial charge >= 0.3 is 5.63 Å². The van der Waals surface area contributed by atoms with Crippen molar-refractivity contribution in [1.29, 1.82) is 0 Å². The lowest BCUT2D eigenvalue weighted by molar-refractivity contribution is 0.157. The van der Waals surface area contributed by atoms with Crippen molar-refractivity contribution in [2.24, 2.45) is 0 Å². The van der Waals surface area contributed by atoms with E-state index in [9.17, 15) is 19.8 Å². The summed E-state index contributed by atoms with van der Waals surface area (Å²) in [5.41, 5.74) is 2.84. The monoisotopic (exact) mass is 716 g/mol. The number of hydrogen-bond acceptors (Lipinski definition) is 10. The van der Waals surface area contributed by atoms with Gasteiger partial charge in [-0.05, 0) is 76.1 Å². The first-order valence-corrected chi connectivity index (χ1v) is 16.9. The van der Waals surface area contributed by atoms with Crippen LogP contribution >= 0.6 is 0 Å². The minimum atomic E-state index is -0.694. The normalized spacial score (nSPS) is 12.7. The van der Waals surface area contributed by atoms with E-state index in [1.54, 1.807) is 37.4 Å². The van der Waals surface area contributed by atoms with Gasteiger partial charge < -0.3 is 38.0 Å². The van der Waals surface area contributed by atoms with Gasteiger partial charge in [0.1, 0.15) is 39.5 Å². The van der Waals surface area contributed by atoms with Crippen LogP contribution in [0.25, 0.3) is 50.5 Å². The van der Waals surface area contributed by atoms with Gasteiger partial charge in [0.15, 0.2) is 22.7 Å². The molecule has 3 heterocycles. The van der Waals surface area contributed by atoms with E-state index in [1.807, 2.05) is 70.2 Å². The molecule has 7 rings (SSSR count). The lowest BCUT2D eigenvalue weighted by atomic mass is 9.93. The Morgan fingerprint density at radius 3 is 2.13 bits per heavy atom. The molecule has 0 bridgehead atoms. The maximum atomic E-state index is 12.9. The van der Waals surface area contributed by atoms with Crippen LogP contribution in [-0.2, 0) is 6.42 Å². The Hall–Kier alpha value is -6.42. The summed E-state index contributed by atoms with van der Waals surface area (Å²) in [5.74, 6) is 1.90. The Morgan fingerprint density at radius 1 is 0.792 bits per heavy atom. The molecule has 0 unspecified atom stereocenters. The predicted octanol–water partition coefficient (Wildman–Crippen LogP) is 9.05. The van der Waals surface area contributed by atoms with Crippen molar-refractivity contribution in [3.8, 4) is 56.9 Å². The van der Waals surface area contributed by atoms with Crippen molar-refractivity contribution in [3.63, 3.8) is 0 Å². The number of hydrogen-bond donors (Lipinski definition) is 2. The lowest BCUT2D eigenvalue weighted by Gasteiger charge is -2.31. The highest BCUT2D eigenvalue weighted by Gasteiger charge is 2.32. The molecule has 0 fully saturated rings. The summed E-state index contributed by atoms with van der Waals surface area (Å²) in [7, 11) is 4.52. The number of aromatic hydroxyl groups is 2. The predicted molar refractivity (Wildman–Crippen MR) is 206 cm³/mol. The van der Waals surface area contributed by atoms with Gasteiger partial charge in [-0.1, -0.05) is 60.2 Å². The molecular formula is C43H40O10. The van der Waals surface area contributed by atoms with E-state index in [0.29, 0.717) is 56.9 Å². The van der Waals surface area contributed by atoms with Gasteiger partial charge in [0.25, 0.3) is 0 Å². The average molecular weight is 717 g/mol. The molecule has 2 aromatic heterocycles. The molecule has 2 N–H and O–H groups in total. The Morgan fingerprint density at radius 2 is 1.49 bits per heavy atom. The van der Waals surface area contributed by atoms with Crippen molar-refractivity contribution in [1.82, 2.24) is 0 Å². The van der Waals surface area contributed by atoms with Gasteiger partial charge in [-0.15, -0.1) is 0 Å². The maximum Gasteiger partial charge on any atom is 0.348 e. The third kappa shape index (κ3) is 6.95. The molecule has 0 amide bonds. The fraction of sp³-hybridized carbons (Fsp3) is 0.209. The first kappa shape index (κ1) is 36.4. The van der Waals surface area contributed by atoms with Crippen LogP contribution < -0.4 is 30.0 Å². The number of allylic oxidation sites excluding steroid dienone is 2. The summed E-state index contributed by atoms with van der Waals surface area (Å²) < 4.78 is 34.2. The van der Waals surface area contributed by atoms with Crippen LogP contribution in [0.4, 0.5) is 0 Å². The first-order valence-electron chi connectivity index (χ1n) is 16.9.